The van der Waals surface area contributed by atoms with Gasteiger partial charge in [0.2, 0.25) is 5.91 Å². The topological polar surface area (TPSA) is 55.4 Å². The quantitative estimate of drug-likeness (QED) is 0.332. The van der Waals surface area contributed by atoms with Crippen LogP contribution in [-0.4, -0.2) is 18.5 Å². The molecule has 134 valence electrons. The van der Waals surface area contributed by atoms with E-state index in [1.165, 1.54) is 0 Å². The third kappa shape index (κ3) is 6.16. The zero-order valence-electron chi connectivity index (χ0n) is 13.0. The summed E-state index contributed by atoms with van der Waals surface area (Å²) in [6.45, 7) is -0.214. The van der Waals surface area contributed by atoms with Crippen LogP contribution in [0.25, 0.3) is 0 Å². The molecule has 1 aliphatic carbocycles. The van der Waals surface area contributed by atoms with Gasteiger partial charge in [-0.1, -0.05) is 47.0 Å². The number of amides is 1. The summed E-state index contributed by atoms with van der Waals surface area (Å²) < 4.78 is 6.06. The summed E-state index contributed by atoms with van der Waals surface area (Å²) in [7, 11) is 0. The summed E-state index contributed by atoms with van der Waals surface area (Å²) in [6.07, 6.45) is 4.66. The fourth-order valence-electron chi connectivity index (χ4n) is 2.43. The fourth-order valence-corrected chi connectivity index (χ4v) is 2.95. The first-order valence-electron chi connectivity index (χ1n) is 7.46. The zero-order chi connectivity index (χ0) is 18.4. The number of hydrogen-bond acceptors (Lipinski definition) is 3. The molecule has 0 fully saturated rings. The lowest BCUT2D eigenvalue weighted by atomic mass is 9.82. The highest BCUT2D eigenvalue weighted by atomic mass is 127. The molecule has 1 aliphatic rings. The van der Waals surface area contributed by atoms with Crippen LogP contribution in [0.4, 0.5) is 5.69 Å². The van der Waals surface area contributed by atoms with Gasteiger partial charge in [0.15, 0.2) is 0 Å². The number of hydrogen-bond donors (Lipinski definition) is 1. The number of nitrogens with one attached hydrogen (secondary N) is 1. The highest BCUT2D eigenvalue weighted by Crippen LogP contribution is 2.29. The molecule has 2 atom stereocenters. The van der Waals surface area contributed by atoms with Crippen molar-refractivity contribution in [2.75, 3.05) is 11.9 Å². The van der Waals surface area contributed by atoms with Crippen molar-refractivity contribution in [2.24, 2.45) is 11.8 Å². The molecule has 4 nitrogen and oxygen atoms in total. The van der Waals surface area contributed by atoms with Crippen LogP contribution in [0, 0.1) is 15.4 Å². The van der Waals surface area contributed by atoms with Crippen molar-refractivity contribution >= 4 is 75.0 Å². The molecule has 1 amide bonds. The van der Waals surface area contributed by atoms with E-state index >= 15 is 0 Å². The fraction of sp³-hybridized carbons (Fsp3) is 0.294. The van der Waals surface area contributed by atoms with E-state index in [0.717, 1.165) is 3.57 Å². The zero-order valence-corrected chi connectivity index (χ0v) is 17.4. The first-order chi connectivity index (χ1) is 11.9. The Labute approximate surface area is 174 Å². The first kappa shape index (κ1) is 20.6. The van der Waals surface area contributed by atoms with Gasteiger partial charge in [-0.25, -0.2) is 0 Å². The Morgan fingerprint density at radius 1 is 1.08 bits per heavy atom. The van der Waals surface area contributed by atoms with Gasteiger partial charge in [0.1, 0.15) is 11.1 Å². The summed E-state index contributed by atoms with van der Waals surface area (Å²) in [5, 5.41) is 2.89. The van der Waals surface area contributed by atoms with Crippen LogP contribution in [0.15, 0.2) is 45.9 Å². The number of carbonyl (C=O) groups is 2. The van der Waals surface area contributed by atoms with Crippen LogP contribution in [0.1, 0.15) is 12.8 Å². The number of anilines is 1. The summed E-state index contributed by atoms with van der Waals surface area (Å²) >= 11 is 19.0. The largest absolute Gasteiger partial charge is 0.460 e. The van der Waals surface area contributed by atoms with Crippen molar-refractivity contribution in [3.05, 3.63) is 49.5 Å². The predicted octanol–water partition coefficient (Wildman–Crippen LogP) is 5.24. The van der Waals surface area contributed by atoms with Gasteiger partial charge in [-0.3, -0.25) is 9.59 Å². The molecule has 0 saturated heterocycles. The van der Waals surface area contributed by atoms with Crippen molar-refractivity contribution in [1.82, 2.24) is 0 Å². The number of benzene rings is 1. The minimum Gasteiger partial charge on any atom is -0.460 e. The van der Waals surface area contributed by atoms with Gasteiger partial charge in [-0.05, 0) is 59.7 Å². The van der Waals surface area contributed by atoms with Crippen LogP contribution < -0.4 is 5.32 Å². The molecule has 1 N–H and O–H groups in total. The Hall–Kier alpha value is -0.760. The number of halogens is 4. The molecule has 0 aromatic heterocycles. The number of allylic oxidation sites excluding steroid dienone is 2. The number of ether oxygens (including phenoxy) is 1. The summed E-state index contributed by atoms with van der Waals surface area (Å²) in [6, 6.07) is 7.43. The SMILES string of the molecule is O=C(Nc1ccc(I)cc1)[C@H]1CC=CC[C@H]1C(=O)OCC(Cl)=C(Cl)Cl. The van der Waals surface area contributed by atoms with E-state index in [1.54, 1.807) is 0 Å². The molecule has 0 radical (unpaired) electrons. The van der Waals surface area contributed by atoms with E-state index in [9.17, 15) is 9.59 Å². The van der Waals surface area contributed by atoms with Gasteiger partial charge in [-0.15, -0.1) is 0 Å². The summed E-state index contributed by atoms with van der Waals surface area (Å²) in [4.78, 5) is 24.9. The van der Waals surface area contributed by atoms with Crippen LogP contribution in [0.2, 0.25) is 0 Å². The Morgan fingerprint density at radius 2 is 1.68 bits per heavy atom. The summed E-state index contributed by atoms with van der Waals surface area (Å²) in [5.41, 5.74) is 0.687. The average Bonchev–Trinajstić information content (AvgIpc) is 2.61. The van der Waals surface area contributed by atoms with Crippen molar-refractivity contribution in [3.63, 3.8) is 0 Å². The average molecular weight is 515 g/mol. The highest BCUT2D eigenvalue weighted by Gasteiger charge is 2.35. The van der Waals surface area contributed by atoms with E-state index in [1.807, 2.05) is 36.4 Å². The molecule has 25 heavy (non-hydrogen) atoms. The van der Waals surface area contributed by atoms with Gasteiger partial charge in [0.05, 0.1) is 16.9 Å². The molecule has 0 unspecified atom stereocenters. The Balaban J connectivity index is 2.03. The van der Waals surface area contributed by atoms with Crippen LogP contribution in [0.5, 0.6) is 0 Å². The van der Waals surface area contributed by atoms with Crippen molar-refractivity contribution in [1.29, 1.82) is 0 Å². The first-order valence-corrected chi connectivity index (χ1v) is 9.67. The second kappa shape index (κ2) is 9.80. The molecule has 0 aliphatic heterocycles. The lowest BCUT2D eigenvalue weighted by Crippen LogP contribution is -2.36. The van der Waals surface area contributed by atoms with Gasteiger partial charge in [0.25, 0.3) is 0 Å². The van der Waals surface area contributed by atoms with E-state index in [-0.39, 0.29) is 22.0 Å². The molecule has 1 aromatic carbocycles. The molecule has 2 rings (SSSR count). The smallest absolute Gasteiger partial charge is 0.310 e. The van der Waals surface area contributed by atoms with Crippen LogP contribution in [0.3, 0.4) is 0 Å². The number of carbonyl (C=O) groups excluding carboxylic acids is 2. The maximum Gasteiger partial charge on any atom is 0.310 e. The molecule has 0 spiro atoms. The van der Waals surface area contributed by atoms with Crippen LogP contribution in [-0.2, 0) is 14.3 Å². The lowest BCUT2D eigenvalue weighted by Gasteiger charge is -2.26. The van der Waals surface area contributed by atoms with Crippen molar-refractivity contribution in [2.45, 2.75) is 12.8 Å². The van der Waals surface area contributed by atoms with Crippen LogP contribution >= 0.6 is 57.4 Å². The molecule has 8 heteroatoms. The van der Waals surface area contributed by atoms with Crippen molar-refractivity contribution in [3.8, 4) is 0 Å². The molecule has 0 saturated carbocycles. The lowest BCUT2D eigenvalue weighted by molar-refractivity contribution is -0.151. The molecule has 0 heterocycles. The normalized spacial score (nSPS) is 19.2. The molecule has 0 bridgehead atoms. The van der Waals surface area contributed by atoms with E-state index < -0.39 is 17.8 Å². The monoisotopic (exact) mass is 513 g/mol. The predicted molar refractivity (Wildman–Crippen MR) is 109 cm³/mol. The third-order valence-electron chi connectivity index (χ3n) is 3.73. The minimum atomic E-state index is -0.576. The minimum absolute atomic E-state index is 0.0444. The molecular weight excluding hydrogens is 499 g/mol. The third-order valence-corrected chi connectivity index (χ3v) is 5.40. The highest BCUT2D eigenvalue weighted by molar-refractivity contribution is 14.1. The second-order valence-electron chi connectivity index (χ2n) is 5.42. The number of esters is 1. The Bertz CT molecular complexity index is 700. The van der Waals surface area contributed by atoms with Crippen molar-refractivity contribution < 1.29 is 14.3 Å². The van der Waals surface area contributed by atoms with Gasteiger partial charge < -0.3 is 10.1 Å². The molecular formula is C17H15Cl3INO3. The van der Waals surface area contributed by atoms with Gasteiger partial charge in [-0.2, -0.15) is 0 Å². The van der Waals surface area contributed by atoms with Gasteiger partial charge >= 0.3 is 5.97 Å². The van der Waals surface area contributed by atoms with Gasteiger partial charge in [0, 0.05) is 9.26 Å². The Kier molecular flexibility index (Phi) is 8.06. The van der Waals surface area contributed by atoms with E-state index in [4.69, 9.17) is 39.5 Å². The molecule has 1 aromatic rings. The number of rotatable bonds is 5. The van der Waals surface area contributed by atoms with E-state index in [2.05, 4.69) is 27.9 Å². The van der Waals surface area contributed by atoms with E-state index in [0.29, 0.717) is 18.5 Å². The maximum atomic E-state index is 12.6. The standard InChI is InChI=1S/C17H15Cl3INO3/c18-14(15(19)20)9-25-17(24)13-4-2-1-3-12(13)16(23)22-11-7-5-10(21)6-8-11/h1-2,5-8,12-13H,3-4,9H2,(H,22,23)/t12-,13+/m0/s1. The Morgan fingerprint density at radius 3 is 2.28 bits per heavy atom. The maximum absolute atomic E-state index is 12.6. The second-order valence-corrected chi connectivity index (χ2v) is 8.08. The summed E-state index contributed by atoms with van der Waals surface area (Å²) in [5.74, 6) is -1.80.